The fourth-order valence-electron chi connectivity index (χ4n) is 1.52. The van der Waals surface area contributed by atoms with Crippen molar-refractivity contribution in [2.45, 2.75) is 13.8 Å². The van der Waals surface area contributed by atoms with Gasteiger partial charge in [0.25, 0.3) is 11.1 Å². The second kappa shape index (κ2) is 8.59. The smallest absolute Gasteiger partial charge is 0.261 e. The minimum Gasteiger partial charge on any atom is -0.351 e. The first-order chi connectivity index (χ1) is 9.85. The number of rotatable bonds is 6. The highest BCUT2D eigenvalue weighted by Gasteiger charge is 2.13. The molecule has 114 valence electrons. The summed E-state index contributed by atoms with van der Waals surface area (Å²) in [5.74, 6) is -0.307. The molecule has 3 nitrogen and oxygen atoms in total. The van der Waals surface area contributed by atoms with Crippen molar-refractivity contribution in [3.05, 3.63) is 44.1 Å². The van der Waals surface area contributed by atoms with Gasteiger partial charge in [-0.3, -0.25) is 9.59 Å². The van der Waals surface area contributed by atoms with E-state index in [1.165, 1.54) is 11.3 Å². The summed E-state index contributed by atoms with van der Waals surface area (Å²) in [6, 6.07) is 3.33. The normalized spacial score (nSPS) is 14.0. The predicted molar refractivity (Wildman–Crippen MR) is 89.4 cm³/mol. The van der Waals surface area contributed by atoms with E-state index in [9.17, 15) is 9.59 Å². The third kappa shape index (κ3) is 5.83. The van der Waals surface area contributed by atoms with Crippen molar-refractivity contribution in [1.29, 1.82) is 0 Å². The molecule has 0 aromatic carbocycles. The topological polar surface area (TPSA) is 46.2 Å². The van der Waals surface area contributed by atoms with E-state index >= 15 is 0 Å². The Hall–Kier alpha value is -0.810. The molecule has 0 saturated heterocycles. The number of carbonyl (C=O) groups is 2. The standard InChI is InChI=1S/C14H14Cl3NO2S/c1-3-10(15)9(13(17)19)6-8(2)7-18-14(20)11-4-5-12(16)21-11/h3-6,8H,7H2,1-2H3,(H,18,20)/b9-6+,10-3+. The molecule has 0 aliphatic heterocycles. The summed E-state index contributed by atoms with van der Waals surface area (Å²) in [6.07, 6.45) is 3.23. The van der Waals surface area contributed by atoms with Crippen molar-refractivity contribution in [3.63, 3.8) is 0 Å². The Bertz CT molecular complexity index is 593. The molecule has 1 aromatic rings. The third-order valence-corrected chi connectivity index (χ3v) is 4.41. The van der Waals surface area contributed by atoms with Crippen LogP contribution in [-0.2, 0) is 4.79 Å². The maximum absolute atomic E-state index is 11.9. The van der Waals surface area contributed by atoms with Gasteiger partial charge in [-0.1, -0.05) is 42.3 Å². The van der Waals surface area contributed by atoms with E-state index in [0.717, 1.165) is 0 Å². The number of amides is 1. The Kier molecular flexibility index (Phi) is 7.46. The van der Waals surface area contributed by atoms with Gasteiger partial charge >= 0.3 is 0 Å². The summed E-state index contributed by atoms with van der Waals surface area (Å²) in [5, 5.41) is 2.43. The minimum absolute atomic E-state index is 0.101. The quantitative estimate of drug-likeness (QED) is 0.454. The minimum atomic E-state index is -0.624. The van der Waals surface area contributed by atoms with E-state index in [0.29, 0.717) is 20.8 Å². The van der Waals surface area contributed by atoms with Crippen LogP contribution in [0, 0.1) is 5.92 Å². The van der Waals surface area contributed by atoms with Gasteiger partial charge in [0.05, 0.1) is 9.21 Å². The maximum Gasteiger partial charge on any atom is 0.261 e. The van der Waals surface area contributed by atoms with Crippen LogP contribution in [-0.4, -0.2) is 17.7 Å². The molecule has 0 spiro atoms. The molecule has 1 rings (SSSR count). The number of hydrogen-bond donors (Lipinski definition) is 1. The molecule has 0 aliphatic carbocycles. The molecule has 0 radical (unpaired) electrons. The van der Waals surface area contributed by atoms with Crippen molar-refractivity contribution in [2.24, 2.45) is 5.92 Å². The van der Waals surface area contributed by atoms with E-state index in [1.54, 1.807) is 31.2 Å². The van der Waals surface area contributed by atoms with Gasteiger partial charge < -0.3 is 5.32 Å². The van der Waals surface area contributed by atoms with Crippen molar-refractivity contribution in [3.8, 4) is 0 Å². The summed E-state index contributed by atoms with van der Waals surface area (Å²) >= 11 is 18.4. The van der Waals surface area contributed by atoms with Gasteiger partial charge in [0.1, 0.15) is 0 Å². The van der Waals surface area contributed by atoms with Crippen molar-refractivity contribution >= 4 is 57.3 Å². The third-order valence-electron chi connectivity index (χ3n) is 2.56. The molecule has 7 heteroatoms. The molecule has 1 unspecified atom stereocenters. The number of hydrogen-bond acceptors (Lipinski definition) is 3. The molecule has 1 atom stereocenters. The van der Waals surface area contributed by atoms with Crippen LogP contribution in [0.2, 0.25) is 4.34 Å². The highest BCUT2D eigenvalue weighted by molar-refractivity contribution is 7.18. The first-order valence-electron chi connectivity index (χ1n) is 6.12. The van der Waals surface area contributed by atoms with Gasteiger partial charge in [-0.05, 0) is 36.6 Å². The zero-order valence-corrected chi connectivity index (χ0v) is 14.5. The van der Waals surface area contributed by atoms with Crippen molar-refractivity contribution in [2.75, 3.05) is 6.54 Å². The second-order valence-corrected chi connectivity index (χ2v) is 6.75. The first-order valence-corrected chi connectivity index (χ1v) is 8.07. The summed E-state index contributed by atoms with van der Waals surface area (Å²) in [4.78, 5) is 23.7. The highest BCUT2D eigenvalue weighted by Crippen LogP contribution is 2.22. The van der Waals surface area contributed by atoms with Gasteiger partial charge in [-0.2, -0.15) is 0 Å². The summed E-state index contributed by atoms with van der Waals surface area (Å²) in [6.45, 7) is 3.92. The molecular formula is C14H14Cl3NO2S. The monoisotopic (exact) mass is 365 g/mol. The van der Waals surface area contributed by atoms with Gasteiger partial charge in [0, 0.05) is 17.2 Å². The second-order valence-electron chi connectivity index (χ2n) is 4.28. The molecule has 21 heavy (non-hydrogen) atoms. The fourth-order valence-corrected chi connectivity index (χ4v) is 2.84. The van der Waals surface area contributed by atoms with Crippen LogP contribution in [0.15, 0.2) is 34.9 Å². The number of halogens is 3. The molecule has 1 heterocycles. The van der Waals surface area contributed by atoms with Crippen molar-refractivity contribution < 1.29 is 9.59 Å². The Balaban J connectivity index is 2.66. The Morgan fingerprint density at radius 3 is 2.52 bits per heavy atom. The van der Waals surface area contributed by atoms with Gasteiger partial charge in [-0.15, -0.1) is 11.3 Å². The predicted octanol–water partition coefficient (Wildman–Crippen LogP) is 4.60. The van der Waals surface area contributed by atoms with Gasteiger partial charge in [0.15, 0.2) is 0 Å². The summed E-state index contributed by atoms with van der Waals surface area (Å²) in [7, 11) is 0. The molecule has 0 saturated carbocycles. The lowest BCUT2D eigenvalue weighted by Gasteiger charge is -2.10. The Morgan fingerprint density at radius 2 is 2.05 bits per heavy atom. The molecule has 1 aromatic heterocycles. The number of allylic oxidation sites excluding steroid dienone is 3. The number of thiophene rings is 1. The first kappa shape index (κ1) is 18.2. The lowest BCUT2D eigenvalue weighted by atomic mass is 10.1. The van der Waals surface area contributed by atoms with Crippen LogP contribution in [0.5, 0.6) is 0 Å². The Morgan fingerprint density at radius 1 is 1.38 bits per heavy atom. The summed E-state index contributed by atoms with van der Waals surface area (Å²) < 4.78 is 0.558. The van der Waals surface area contributed by atoms with Crippen LogP contribution < -0.4 is 5.32 Å². The van der Waals surface area contributed by atoms with Gasteiger partial charge in [-0.25, -0.2) is 0 Å². The average Bonchev–Trinajstić information content (AvgIpc) is 2.87. The zero-order valence-electron chi connectivity index (χ0n) is 11.5. The fraction of sp³-hybridized carbons (Fsp3) is 0.286. The summed E-state index contributed by atoms with van der Waals surface area (Å²) in [5.41, 5.74) is 0.238. The number of carbonyl (C=O) groups excluding carboxylic acids is 2. The van der Waals surface area contributed by atoms with E-state index in [4.69, 9.17) is 34.8 Å². The largest absolute Gasteiger partial charge is 0.351 e. The molecule has 0 bridgehead atoms. The number of nitrogens with one attached hydrogen (secondary N) is 1. The van der Waals surface area contributed by atoms with Gasteiger partial charge in [0.2, 0.25) is 0 Å². The average molecular weight is 367 g/mol. The van der Waals surface area contributed by atoms with E-state index < -0.39 is 5.24 Å². The molecule has 1 amide bonds. The lowest BCUT2D eigenvalue weighted by molar-refractivity contribution is -0.108. The van der Waals surface area contributed by atoms with Crippen LogP contribution in [0.1, 0.15) is 23.5 Å². The molecule has 0 fully saturated rings. The lowest BCUT2D eigenvalue weighted by Crippen LogP contribution is -2.27. The van der Waals surface area contributed by atoms with E-state index in [1.807, 2.05) is 6.92 Å². The van der Waals surface area contributed by atoms with Crippen LogP contribution in [0.3, 0.4) is 0 Å². The molecular weight excluding hydrogens is 353 g/mol. The van der Waals surface area contributed by atoms with Crippen LogP contribution >= 0.6 is 46.1 Å². The van der Waals surface area contributed by atoms with Crippen LogP contribution in [0.4, 0.5) is 0 Å². The van der Waals surface area contributed by atoms with E-state index in [2.05, 4.69) is 5.32 Å². The molecule has 0 aliphatic rings. The van der Waals surface area contributed by atoms with Crippen LogP contribution in [0.25, 0.3) is 0 Å². The maximum atomic E-state index is 11.9. The highest BCUT2D eigenvalue weighted by atomic mass is 35.5. The SMILES string of the molecule is C/C=C(Cl)\C(=C/C(C)CNC(=O)c1ccc(Cl)s1)C(=O)Cl. The Labute approximate surface area is 142 Å². The van der Waals surface area contributed by atoms with Crippen molar-refractivity contribution in [1.82, 2.24) is 5.32 Å². The molecule has 1 N–H and O–H groups in total. The zero-order chi connectivity index (χ0) is 16.0. The van der Waals surface area contributed by atoms with E-state index in [-0.39, 0.29) is 17.4 Å².